The van der Waals surface area contributed by atoms with Crippen LogP contribution in [0.25, 0.3) is 0 Å². The SMILES string of the molecule is O=C(O)c1cnn(Cn2cccn2)c1. The van der Waals surface area contributed by atoms with Crippen molar-refractivity contribution in [1.29, 1.82) is 0 Å². The molecule has 0 aliphatic rings. The van der Waals surface area contributed by atoms with Crippen LogP contribution in [0.5, 0.6) is 0 Å². The highest BCUT2D eigenvalue weighted by Gasteiger charge is 2.05. The fourth-order valence-electron chi connectivity index (χ4n) is 1.08. The van der Waals surface area contributed by atoms with Crippen LogP contribution < -0.4 is 0 Å². The molecule has 2 aromatic heterocycles. The molecule has 14 heavy (non-hydrogen) atoms. The average molecular weight is 192 g/mol. The van der Waals surface area contributed by atoms with Crippen LogP contribution >= 0.6 is 0 Å². The molecule has 0 aliphatic carbocycles. The summed E-state index contributed by atoms with van der Waals surface area (Å²) < 4.78 is 3.16. The molecule has 72 valence electrons. The van der Waals surface area contributed by atoms with Gasteiger partial charge in [0.05, 0.1) is 11.8 Å². The first-order valence-corrected chi connectivity index (χ1v) is 3.99. The van der Waals surface area contributed by atoms with Crippen LogP contribution in [0.4, 0.5) is 0 Å². The second-order valence-corrected chi connectivity index (χ2v) is 2.76. The van der Waals surface area contributed by atoms with Gasteiger partial charge in [-0.1, -0.05) is 0 Å². The predicted octanol–water partition coefficient (Wildman–Crippen LogP) is 0.284. The van der Waals surface area contributed by atoms with Crippen molar-refractivity contribution in [2.45, 2.75) is 6.67 Å². The lowest BCUT2D eigenvalue weighted by Gasteiger charge is -1.99. The number of rotatable bonds is 3. The van der Waals surface area contributed by atoms with E-state index in [0.29, 0.717) is 6.67 Å². The number of aromatic nitrogens is 4. The largest absolute Gasteiger partial charge is 0.478 e. The van der Waals surface area contributed by atoms with Gasteiger partial charge in [0.1, 0.15) is 6.67 Å². The third-order valence-electron chi connectivity index (χ3n) is 1.73. The maximum atomic E-state index is 10.5. The van der Waals surface area contributed by atoms with Crippen molar-refractivity contribution in [2.24, 2.45) is 0 Å². The lowest BCUT2D eigenvalue weighted by molar-refractivity contribution is 0.0696. The van der Waals surface area contributed by atoms with Crippen LogP contribution in [-0.4, -0.2) is 30.6 Å². The van der Waals surface area contributed by atoms with Crippen LogP contribution in [0.3, 0.4) is 0 Å². The molecule has 0 saturated carbocycles. The van der Waals surface area contributed by atoms with E-state index in [-0.39, 0.29) is 5.56 Å². The van der Waals surface area contributed by atoms with Gasteiger partial charge in [-0.3, -0.25) is 9.36 Å². The molecule has 2 rings (SSSR count). The van der Waals surface area contributed by atoms with E-state index in [9.17, 15) is 4.79 Å². The molecule has 6 heteroatoms. The van der Waals surface area contributed by atoms with Gasteiger partial charge < -0.3 is 5.11 Å². The minimum Gasteiger partial charge on any atom is -0.478 e. The monoisotopic (exact) mass is 192 g/mol. The number of hydrogen-bond donors (Lipinski definition) is 1. The zero-order valence-corrected chi connectivity index (χ0v) is 7.24. The van der Waals surface area contributed by atoms with E-state index < -0.39 is 5.97 Å². The summed E-state index contributed by atoms with van der Waals surface area (Å²) in [4.78, 5) is 10.5. The van der Waals surface area contributed by atoms with Crippen LogP contribution in [0.2, 0.25) is 0 Å². The second kappa shape index (κ2) is 3.33. The van der Waals surface area contributed by atoms with Gasteiger partial charge in [0.15, 0.2) is 0 Å². The molecule has 0 fully saturated rings. The topological polar surface area (TPSA) is 72.9 Å². The zero-order chi connectivity index (χ0) is 9.97. The van der Waals surface area contributed by atoms with Crippen molar-refractivity contribution < 1.29 is 9.90 Å². The number of nitrogens with zero attached hydrogens (tertiary/aromatic N) is 4. The normalized spacial score (nSPS) is 10.3. The first-order chi connectivity index (χ1) is 6.75. The molecule has 2 aromatic rings. The molecule has 0 amide bonds. The molecule has 0 bridgehead atoms. The Labute approximate surface area is 79.4 Å². The third kappa shape index (κ3) is 1.63. The minimum absolute atomic E-state index is 0.178. The van der Waals surface area contributed by atoms with Gasteiger partial charge in [0, 0.05) is 18.6 Å². The van der Waals surface area contributed by atoms with Gasteiger partial charge >= 0.3 is 5.97 Å². The van der Waals surface area contributed by atoms with E-state index in [1.54, 1.807) is 23.1 Å². The number of carbonyl (C=O) groups is 1. The average Bonchev–Trinajstić information content (AvgIpc) is 2.75. The Bertz CT molecular complexity index is 432. The first-order valence-electron chi connectivity index (χ1n) is 3.99. The highest BCUT2D eigenvalue weighted by atomic mass is 16.4. The summed E-state index contributed by atoms with van der Waals surface area (Å²) in [6, 6.07) is 1.79. The summed E-state index contributed by atoms with van der Waals surface area (Å²) in [5.74, 6) is -0.975. The zero-order valence-electron chi connectivity index (χ0n) is 7.24. The molecule has 0 atom stereocenters. The summed E-state index contributed by atoms with van der Waals surface area (Å²) in [6.45, 7) is 0.417. The summed E-state index contributed by atoms with van der Waals surface area (Å²) in [7, 11) is 0. The Morgan fingerprint density at radius 1 is 1.43 bits per heavy atom. The van der Waals surface area contributed by atoms with Crippen molar-refractivity contribution in [3.05, 3.63) is 36.4 Å². The molecule has 0 radical (unpaired) electrons. The quantitative estimate of drug-likeness (QED) is 0.758. The van der Waals surface area contributed by atoms with Crippen LogP contribution in [0.15, 0.2) is 30.9 Å². The summed E-state index contributed by atoms with van der Waals surface area (Å²) >= 11 is 0. The van der Waals surface area contributed by atoms with E-state index in [4.69, 9.17) is 5.11 Å². The summed E-state index contributed by atoms with van der Waals surface area (Å²) in [5, 5.41) is 16.5. The minimum atomic E-state index is -0.975. The molecular weight excluding hydrogens is 184 g/mol. The molecule has 0 spiro atoms. The first kappa shape index (κ1) is 8.49. The van der Waals surface area contributed by atoms with E-state index in [1.165, 1.54) is 17.1 Å². The Balaban J connectivity index is 2.14. The van der Waals surface area contributed by atoms with Gasteiger partial charge in [-0.15, -0.1) is 0 Å². The van der Waals surface area contributed by atoms with E-state index in [1.807, 2.05) is 0 Å². The van der Waals surface area contributed by atoms with Gasteiger partial charge in [-0.2, -0.15) is 10.2 Å². The Morgan fingerprint density at radius 2 is 2.29 bits per heavy atom. The Morgan fingerprint density at radius 3 is 2.86 bits per heavy atom. The summed E-state index contributed by atoms with van der Waals surface area (Å²) in [6.07, 6.45) is 6.21. The van der Waals surface area contributed by atoms with E-state index in [0.717, 1.165) is 0 Å². The van der Waals surface area contributed by atoms with Gasteiger partial charge in [-0.05, 0) is 6.07 Å². The fourth-order valence-corrected chi connectivity index (χ4v) is 1.08. The fraction of sp³-hybridized carbons (Fsp3) is 0.125. The highest BCUT2D eigenvalue weighted by Crippen LogP contribution is 1.97. The molecule has 0 aliphatic heterocycles. The number of carboxylic acid groups (broad SMARTS) is 1. The van der Waals surface area contributed by atoms with Gasteiger partial charge in [0.2, 0.25) is 0 Å². The van der Waals surface area contributed by atoms with Crippen molar-refractivity contribution in [1.82, 2.24) is 19.6 Å². The predicted molar refractivity (Wildman–Crippen MR) is 46.8 cm³/mol. The second-order valence-electron chi connectivity index (χ2n) is 2.76. The van der Waals surface area contributed by atoms with Gasteiger partial charge in [0.25, 0.3) is 0 Å². The number of aromatic carboxylic acids is 1. The Kier molecular flexibility index (Phi) is 2.02. The number of carboxylic acids is 1. The highest BCUT2D eigenvalue weighted by molar-refractivity contribution is 5.86. The van der Waals surface area contributed by atoms with Crippen LogP contribution in [-0.2, 0) is 6.67 Å². The molecule has 0 aromatic carbocycles. The third-order valence-corrected chi connectivity index (χ3v) is 1.73. The Hall–Kier alpha value is -2.11. The van der Waals surface area contributed by atoms with Crippen LogP contribution in [0.1, 0.15) is 10.4 Å². The molecule has 1 N–H and O–H groups in total. The maximum absolute atomic E-state index is 10.5. The summed E-state index contributed by atoms with van der Waals surface area (Å²) in [5.41, 5.74) is 0.178. The van der Waals surface area contributed by atoms with E-state index in [2.05, 4.69) is 10.2 Å². The molecule has 6 nitrogen and oxygen atoms in total. The van der Waals surface area contributed by atoms with Crippen molar-refractivity contribution in [3.8, 4) is 0 Å². The molecule has 2 heterocycles. The number of hydrogen-bond acceptors (Lipinski definition) is 3. The maximum Gasteiger partial charge on any atom is 0.338 e. The van der Waals surface area contributed by atoms with Gasteiger partial charge in [-0.25, -0.2) is 4.79 Å². The smallest absolute Gasteiger partial charge is 0.338 e. The van der Waals surface area contributed by atoms with Crippen molar-refractivity contribution in [2.75, 3.05) is 0 Å². The van der Waals surface area contributed by atoms with Crippen LogP contribution in [0, 0.1) is 0 Å². The molecule has 0 unspecified atom stereocenters. The van der Waals surface area contributed by atoms with Crippen molar-refractivity contribution in [3.63, 3.8) is 0 Å². The van der Waals surface area contributed by atoms with Crippen molar-refractivity contribution >= 4 is 5.97 Å². The molecule has 0 saturated heterocycles. The standard InChI is InChI=1S/C8H8N4O2/c13-8(14)7-4-10-12(5-7)6-11-3-1-2-9-11/h1-5H,6H2,(H,13,14). The lowest BCUT2D eigenvalue weighted by atomic mass is 10.4. The van der Waals surface area contributed by atoms with E-state index >= 15 is 0 Å². The lowest BCUT2D eigenvalue weighted by Crippen LogP contribution is -2.08. The molecular formula is C8H8N4O2.